The lowest BCUT2D eigenvalue weighted by Gasteiger charge is -2.33. The maximum absolute atomic E-state index is 14.7. The van der Waals surface area contributed by atoms with E-state index in [9.17, 15) is 4.57 Å². The first-order chi connectivity index (χ1) is 13.7. The summed E-state index contributed by atoms with van der Waals surface area (Å²) in [5, 5.41) is 1.78. The SMILES string of the molecule is C[C@@H]1C[C@@H](COc2ccccc2)N(P(=O)(c2ccccc2)c2ccccc2)C1. The van der Waals surface area contributed by atoms with Crippen LogP contribution in [0.15, 0.2) is 91.0 Å². The predicted octanol–water partition coefficient (Wildman–Crippen LogP) is 4.70. The fourth-order valence-corrected chi connectivity index (χ4v) is 7.22. The van der Waals surface area contributed by atoms with Crippen LogP contribution in [0.25, 0.3) is 0 Å². The molecule has 0 amide bonds. The third kappa shape index (κ3) is 3.78. The summed E-state index contributed by atoms with van der Waals surface area (Å²) in [5.41, 5.74) is 0. The van der Waals surface area contributed by atoms with Gasteiger partial charge in [-0.2, -0.15) is 0 Å². The number of nitrogens with zero attached hydrogens (tertiary/aromatic N) is 1. The molecule has 1 saturated heterocycles. The van der Waals surface area contributed by atoms with Gasteiger partial charge in [-0.3, -0.25) is 4.57 Å². The van der Waals surface area contributed by atoms with Gasteiger partial charge in [0.05, 0.1) is 6.04 Å². The average molecular weight is 391 g/mol. The maximum Gasteiger partial charge on any atom is 0.207 e. The summed E-state index contributed by atoms with van der Waals surface area (Å²) in [7, 11) is -2.93. The van der Waals surface area contributed by atoms with Crippen LogP contribution < -0.4 is 15.3 Å². The molecule has 0 aromatic heterocycles. The van der Waals surface area contributed by atoms with Crippen LogP contribution in [0, 0.1) is 5.92 Å². The molecule has 1 fully saturated rings. The first-order valence-electron chi connectivity index (χ1n) is 9.84. The van der Waals surface area contributed by atoms with Crippen LogP contribution in [0.3, 0.4) is 0 Å². The molecule has 144 valence electrons. The Kier molecular flexibility index (Phi) is 5.66. The molecule has 0 spiro atoms. The lowest BCUT2D eigenvalue weighted by Crippen LogP contribution is -2.38. The van der Waals surface area contributed by atoms with Gasteiger partial charge in [-0.25, -0.2) is 4.67 Å². The second kappa shape index (κ2) is 8.34. The summed E-state index contributed by atoms with van der Waals surface area (Å²) in [4.78, 5) is 0. The van der Waals surface area contributed by atoms with E-state index in [0.29, 0.717) is 12.5 Å². The third-order valence-corrected chi connectivity index (χ3v) is 8.56. The molecule has 0 saturated carbocycles. The minimum atomic E-state index is -2.93. The average Bonchev–Trinajstić information content (AvgIpc) is 3.14. The summed E-state index contributed by atoms with van der Waals surface area (Å²) in [5.74, 6) is 1.33. The van der Waals surface area contributed by atoms with Crippen molar-refractivity contribution in [1.29, 1.82) is 0 Å². The number of para-hydroxylation sites is 1. The zero-order chi connectivity index (χ0) is 19.4. The van der Waals surface area contributed by atoms with Gasteiger partial charge >= 0.3 is 0 Å². The maximum atomic E-state index is 14.7. The summed E-state index contributed by atoms with van der Waals surface area (Å²) < 4.78 is 22.9. The summed E-state index contributed by atoms with van der Waals surface area (Å²) in [6.45, 7) is 3.58. The van der Waals surface area contributed by atoms with Gasteiger partial charge in [0.2, 0.25) is 7.29 Å². The van der Waals surface area contributed by atoms with E-state index in [0.717, 1.165) is 29.3 Å². The van der Waals surface area contributed by atoms with Crippen molar-refractivity contribution in [2.24, 2.45) is 5.92 Å². The van der Waals surface area contributed by atoms with Crippen LogP contribution >= 0.6 is 7.29 Å². The molecule has 1 aliphatic heterocycles. The molecule has 3 aromatic carbocycles. The van der Waals surface area contributed by atoms with Crippen molar-refractivity contribution >= 4 is 17.9 Å². The van der Waals surface area contributed by atoms with Crippen LogP contribution in [0.4, 0.5) is 0 Å². The summed E-state index contributed by atoms with van der Waals surface area (Å²) >= 11 is 0. The van der Waals surface area contributed by atoms with E-state index in [1.807, 2.05) is 91.0 Å². The first-order valence-corrected chi connectivity index (χ1v) is 11.5. The molecule has 0 unspecified atom stereocenters. The van der Waals surface area contributed by atoms with Crippen LogP contribution in [0.5, 0.6) is 5.75 Å². The molecule has 1 aliphatic rings. The van der Waals surface area contributed by atoms with Gasteiger partial charge < -0.3 is 4.74 Å². The van der Waals surface area contributed by atoms with E-state index in [2.05, 4.69) is 11.6 Å². The highest BCUT2D eigenvalue weighted by atomic mass is 31.2. The van der Waals surface area contributed by atoms with E-state index in [1.54, 1.807) is 0 Å². The van der Waals surface area contributed by atoms with Crippen molar-refractivity contribution in [2.45, 2.75) is 19.4 Å². The summed E-state index contributed by atoms with van der Waals surface area (Å²) in [6.07, 6.45) is 0.983. The molecule has 4 rings (SSSR count). The van der Waals surface area contributed by atoms with Crippen LogP contribution in [0.2, 0.25) is 0 Å². The van der Waals surface area contributed by atoms with Crippen molar-refractivity contribution < 1.29 is 9.30 Å². The van der Waals surface area contributed by atoms with Crippen molar-refractivity contribution in [3.8, 4) is 5.75 Å². The summed E-state index contributed by atoms with van der Waals surface area (Å²) in [6, 6.07) is 29.8. The van der Waals surface area contributed by atoms with Gasteiger partial charge in [-0.15, -0.1) is 0 Å². The topological polar surface area (TPSA) is 29.5 Å². The Morgan fingerprint density at radius 2 is 1.36 bits per heavy atom. The molecular weight excluding hydrogens is 365 g/mol. The zero-order valence-corrected chi connectivity index (χ0v) is 17.0. The molecular formula is C24H26NO2P. The Hall–Kier alpha value is -2.35. The number of benzene rings is 3. The molecule has 2 atom stereocenters. The van der Waals surface area contributed by atoms with Gasteiger partial charge in [0.15, 0.2) is 0 Å². The van der Waals surface area contributed by atoms with Gasteiger partial charge in [0, 0.05) is 17.2 Å². The minimum Gasteiger partial charge on any atom is -0.492 e. The fourth-order valence-electron chi connectivity index (χ4n) is 4.04. The zero-order valence-electron chi connectivity index (χ0n) is 16.1. The van der Waals surface area contributed by atoms with Crippen molar-refractivity contribution in [1.82, 2.24) is 4.67 Å². The van der Waals surface area contributed by atoms with Crippen molar-refractivity contribution in [3.63, 3.8) is 0 Å². The van der Waals surface area contributed by atoms with E-state index in [4.69, 9.17) is 4.74 Å². The minimum absolute atomic E-state index is 0.112. The Bertz CT molecular complexity index is 887. The highest BCUT2D eigenvalue weighted by Crippen LogP contribution is 2.52. The standard InChI is InChI=1S/C24H26NO2P/c1-20-17-21(19-27-22-11-5-2-6-12-22)25(18-20)28(26,23-13-7-3-8-14-23)24-15-9-4-10-16-24/h2-16,20-21H,17-19H2,1H3/t20-,21+/m1/s1. The smallest absolute Gasteiger partial charge is 0.207 e. The van der Waals surface area contributed by atoms with Crippen molar-refractivity contribution in [3.05, 3.63) is 91.0 Å². The molecule has 0 bridgehead atoms. The van der Waals surface area contributed by atoms with E-state index in [1.165, 1.54) is 0 Å². The van der Waals surface area contributed by atoms with Gasteiger partial charge in [-0.1, -0.05) is 61.5 Å². The largest absolute Gasteiger partial charge is 0.492 e. The first kappa shape index (κ1) is 19.0. The molecule has 4 heteroatoms. The van der Waals surface area contributed by atoms with Gasteiger partial charge in [-0.05, 0) is 48.7 Å². The molecule has 28 heavy (non-hydrogen) atoms. The highest BCUT2D eigenvalue weighted by molar-refractivity contribution is 7.76. The Morgan fingerprint density at radius 1 is 0.857 bits per heavy atom. The van der Waals surface area contributed by atoms with E-state index < -0.39 is 7.29 Å². The lowest BCUT2D eigenvalue weighted by atomic mass is 10.1. The number of hydrogen-bond donors (Lipinski definition) is 0. The van der Waals surface area contributed by atoms with Gasteiger partial charge in [0.25, 0.3) is 0 Å². The molecule has 3 aromatic rings. The normalized spacial score (nSPS) is 20.2. The lowest BCUT2D eigenvalue weighted by molar-refractivity contribution is 0.233. The van der Waals surface area contributed by atoms with Crippen molar-refractivity contribution in [2.75, 3.05) is 13.2 Å². The highest BCUT2D eigenvalue weighted by Gasteiger charge is 2.43. The van der Waals surface area contributed by atoms with E-state index in [-0.39, 0.29) is 6.04 Å². The second-order valence-electron chi connectivity index (χ2n) is 7.49. The molecule has 3 nitrogen and oxygen atoms in total. The molecule has 0 aliphatic carbocycles. The molecule has 1 heterocycles. The number of ether oxygens (including phenoxy) is 1. The van der Waals surface area contributed by atoms with Crippen LogP contribution in [0.1, 0.15) is 13.3 Å². The monoisotopic (exact) mass is 391 g/mol. The number of rotatable bonds is 6. The van der Waals surface area contributed by atoms with Gasteiger partial charge in [0.1, 0.15) is 12.4 Å². The Morgan fingerprint density at radius 3 is 1.89 bits per heavy atom. The van der Waals surface area contributed by atoms with Crippen LogP contribution in [-0.2, 0) is 4.57 Å². The Balaban J connectivity index is 1.69. The number of hydrogen-bond acceptors (Lipinski definition) is 2. The molecule has 0 N–H and O–H groups in total. The Labute approximate surface area is 167 Å². The van der Waals surface area contributed by atoms with E-state index >= 15 is 0 Å². The second-order valence-corrected chi connectivity index (χ2v) is 10.2. The third-order valence-electron chi connectivity index (χ3n) is 5.35. The quantitative estimate of drug-likeness (QED) is 0.570. The fraction of sp³-hybridized carbons (Fsp3) is 0.250. The predicted molar refractivity (Wildman–Crippen MR) is 116 cm³/mol. The van der Waals surface area contributed by atoms with Crippen LogP contribution in [-0.4, -0.2) is 23.9 Å². The molecule has 0 radical (unpaired) electrons.